The van der Waals surface area contributed by atoms with Crippen LogP contribution in [0.1, 0.15) is 35.3 Å². The van der Waals surface area contributed by atoms with Crippen molar-refractivity contribution in [3.63, 3.8) is 0 Å². The van der Waals surface area contributed by atoms with Crippen LogP contribution < -0.4 is 10.6 Å². The first-order valence-electron chi connectivity index (χ1n) is 8.11. The summed E-state index contributed by atoms with van der Waals surface area (Å²) in [6.07, 6.45) is 1.72. The Hall–Kier alpha value is -2.27. The predicted molar refractivity (Wildman–Crippen MR) is 98.9 cm³/mol. The van der Waals surface area contributed by atoms with Crippen molar-refractivity contribution in [2.24, 2.45) is 0 Å². The van der Waals surface area contributed by atoms with E-state index in [-0.39, 0.29) is 11.8 Å². The van der Waals surface area contributed by atoms with Gasteiger partial charge in [0.25, 0.3) is 5.91 Å². The van der Waals surface area contributed by atoms with Crippen LogP contribution in [0.5, 0.6) is 0 Å². The SMILES string of the molecule is CCc1cccc(CC)c1NC(=O)c1ccc2c(c1)NC(=O)CS2. The van der Waals surface area contributed by atoms with Gasteiger partial charge in [-0.3, -0.25) is 9.59 Å². The molecule has 0 aromatic heterocycles. The summed E-state index contributed by atoms with van der Waals surface area (Å²) in [6.45, 7) is 4.16. The molecule has 2 N–H and O–H groups in total. The lowest BCUT2D eigenvalue weighted by Gasteiger charge is -2.18. The summed E-state index contributed by atoms with van der Waals surface area (Å²) in [5.41, 5.74) is 4.42. The summed E-state index contributed by atoms with van der Waals surface area (Å²) in [5.74, 6) is 0.232. The van der Waals surface area contributed by atoms with E-state index in [2.05, 4.69) is 24.5 Å². The van der Waals surface area contributed by atoms with Gasteiger partial charge < -0.3 is 10.6 Å². The molecular formula is C19H20N2O2S. The molecule has 124 valence electrons. The second-order valence-corrected chi connectivity index (χ2v) is 6.68. The Labute approximate surface area is 146 Å². The van der Waals surface area contributed by atoms with Gasteiger partial charge in [0.1, 0.15) is 0 Å². The molecule has 1 heterocycles. The largest absolute Gasteiger partial charge is 0.324 e. The standard InChI is InChI=1S/C19H20N2O2S/c1-3-12-6-5-7-13(4-2)18(12)21-19(23)14-8-9-16-15(10-14)20-17(22)11-24-16/h5-10H,3-4,11H2,1-2H3,(H,20,22)(H,21,23). The number of anilines is 2. The number of fused-ring (bicyclic) bond motifs is 1. The number of amides is 2. The third kappa shape index (κ3) is 3.31. The van der Waals surface area contributed by atoms with Gasteiger partial charge in [0.2, 0.25) is 5.91 Å². The molecule has 0 saturated carbocycles. The van der Waals surface area contributed by atoms with Gasteiger partial charge in [-0.1, -0.05) is 32.0 Å². The zero-order valence-corrected chi connectivity index (χ0v) is 14.6. The molecule has 2 amide bonds. The van der Waals surface area contributed by atoms with Crippen LogP contribution in [0.25, 0.3) is 0 Å². The van der Waals surface area contributed by atoms with Crippen LogP contribution in [-0.2, 0) is 17.6 Å². The third-order valence-corrected chi connectivity index (χ3v) is 5.19. The van der Waals surface area contributed by atoms with E-state index in [4.69, 9.17) is 0 Å². The van der Waals surface area contributed by atoms with E-state index in [1.165, 1.54) is 11.8 Å². The summed E-state index contributed by atoms with van der Waals surface area (Å²) in [6, 6.07) is 11.5. The Bertz CT molecular complexity index is 780. The maximum atomic E-state index is 12.7. The second-order valence-electron chi connectivity index (χ2n) is 5.66. The number of nitrogens with one attached hydrogen (secondary N) is 2. The Morgan fingerprint density at radius 2 is 1.88 bits per heavy atom. The highest BCUT2D eigenvalue weighted by Crippen LogP contribution is 2.32. The highest BCUT2D eigenvalue weighted by molar-refractivity contribution is 8.00. The lowest BCUT2D eigenvalue weighted by Crippen LogP contribution is -2.20. The normalized spacial score (nSPS) is 13.2. The van der Waals surface area contributed by atoms with E-state index < -0.39 is 0 Å². The minimum atomic E-state index is -0.154. The van der Waals surface area contributed by atoms with E-state index in [1.54, 1.807) is 12.1 Å². The second kappa shape index (κ2) is 7.09. The quantitative estimate of drug-likeness (QED) is 0.881. The van der Waals surface area contributed by atoms with Crippen molar-refractivity contribution < 1.29 is 9.59 Å². The van der Waals surface area contributed by atoms with Crippen LogP contribution in [-0.4, -0.2) is 17.6 Å². The predicted octanol–water partition coefficient (Wildman–Crippen LogP) is 4.11. The van der Waals surface area contributed by atoms with Crippen molar-refractivity contribution >= 4 is 35.0 Å². The van der Waals surface area contributed by atoms with Crippen molar-refractivity contribution in [2.45, 2.75) is 31.6 Å². The fraction of sp³-hybridized carbons (Fsp3) is 0.263. The molecule has 0 atom stereocenters. The molecule has 2 aromatic carbocycles. The van der Waals surface area contributed by atoms with Gasteiger partial charge in [-0.15, -0.1) is 11.8 Å². The minimum Gasteiger partial charge on any atom is -0.324 e. The number of carbonyl (C=O) groups excluding carboxylic acids is 2. The summed E-state index contributed by atoms with van der Waals surface area (Å²) in [7, 11) is 0. The molecular weight excluding hydrogens is 320 g/mol. The van der Waals surface area contributed by atoms with Gasteiger partial charge in [0.15, 0.2) is 0 Å². The molecule has 0 unspecified atom stereocenters. The number of para-hydroxylation sites is 1. The first-order chi connectivity index (χ1) is 11.6. The zero-order chi connectivity index (χ0) is 17.1. The van der Waals surface area contributed by atoms with Crippen LogP contribution in [0.2, 0.25) is 0 Å². The molecule has 24 heavy (non-hydrogen) atoms. The zero-order valence-electron chi connectivity index (χ0n) is 13.8. The topological polar surface area (TPSA) is 58.2 Å². The average molecular weight is 340 g/mol. The number of thioether (sulfide) groups is 1. The van der Waals surface area contributed by atoms with Crippen LogP contribution in [0.4, 0.5) is 11.4 Å². The van der Waals surface area contributed by atoms with Gasteiger partial charge >= 0.3 is 0 Å². The van der Waals surface area contributed by atoms with E-state index in [1.807, 2.05) is 24.3 Å². The average Bonchev–Trinajstić information content (AvgIpc) is 2.61. The van der Waals surface area contributed by atoms with Crippen molar-refractivity contribution in [3.8, 4) is 0 Å². The third-order valence-electron chi connectivity index (χ3n) is 4.11. The van der Waals surface area contributed by atoms with Gasteiger partial charge in [-0.05, 0) is 42.2 Å². The number of hydrogen-bond acceptors (Lipinski definition) is 3. The van der Waals surface area contributed by atoms with Crippen LogP contribution in [0, 0.1) is 0 Å². The summed E-state index contributed by atoms with van der Waals surface area (Å²) >= 11 is 1.49. The molecule has 0 spiro atoms. The Balaban J connectivity index is 1.89. The summed E-state index contributed by atoms with van der Waals surface area (Å²) < 4.78 is 0. The monoisotopic (exact) mass is 340 g/mol. The lowest BCUT2D eigenvalue weighted by atomic mass is 10.0. The molecule has 4 nitrogen and oxygen atoms in total. The molecule has 1 aliphatic rings. The Morgan fingerprint density at radius 3 is 2.54 bits per heavy atom. The van der Waals surface area contributed by atoms with Crippen LogP contribution >= 0.6 is 11.8 Å². The molecule has 1 aliphatic heterocycles. The highest BCUT2D eigenvalue weighted by Gasteiger charge is 2.18. The smallest absolute Gasteiger partial charge is 0.255 e. The van der Waals surface area contributed by atoms with Gasteiger partial charge in [0, 0.05) is 16.1 Å². The first kappa shape index (κ1) is 16.6. The molecule has 5 heteroatoms. The fourth-order valence-electron chi connectivity index (χ4n) is 2.81. The molecule has 3 rings (SSSR count). The maximum Gasteiger partial charge on any atom is 0.255 e. The molecule has 0 saturated heterocycles. The van der Waals surface area contributed by atoms with E-state index >= 15 is 0 Å². The molecule has 0 bridgehead atoms. The number of aryl methyl sites for hydroxylation is 2. The highest BCUT2D eigenvalue weighted by atomic mass is 32.2. The van der Waals surface area contributed by atoms with Crippen molar-refractivity contribution in [1.29, 1.82) is 0 Å². The van der Waals surface area contributed by atoms with E-state index in [0.29, 0.717) is 17.0 Å². The Kier molecular flexibility index (Phi) is 4.90. The number of rotatable bonds is 4. The summed E-state index contributed by atoms with van der Waals surface area (Å²) in [4.78, 5) is 25.2. The number of hydrogen-bond donors (Lipinski definition) is 2. The van der Waals surface area contributed by atoms with Crippen molar-refractivity contribution in [2.75, 3.05) is 16.4 Å². The van der Waals surface area contributed by atoms with E-state index in [0.717, 1.165) is 34.6 Å². The molecule has 0 aliphatic carbocycles. The van der Waals surface area contributed by atoms with Gasteiger partial charge in [-0.25, -0.2) is 0 Å². The van der Waals surface area contributed by atoms with Crippen molar-refractivity contribution in [1.82, 2.24) is 0 Å². The van der Waals surface area contributed by atoms with Crippen LogP contribution in [0.3, 0.4) is 0 Å². The van der Waals surface area contributed by atoms with E-state index in [9.17, 15) is 9.59 Å². The van der Waals surface area contributed by atoms with Crippen molar-refractivity contribution in [3.05, 3.63) is 53.1 Å². The van der Waals surface area contributed by atoms with Crippen LogP contribution in [0.15, 0.2) is 41.3 Å². The first-order valence-corrected chi connectivity index (χ1v) is 9.09. The molecule has 2 aromatic rings. The summed E-state index contributed by atoms with van der Waals surface area (Å²) in [5, 5.41) is 5.88. The van der Waals surface area contributed by atoms with Gasteiger partial charge in [0.05, 0.1) is 11.4 Å². The maximum absolute atomic E-state index is 12.7. The molecule has 0 fully saturated rings. The lowest BCUT2D eigenvalue weighted by molar-refractivity contribution is -0.113. The minimum absolute atomic E-state index is 0.0327. The number of benzene rings is 2. The fourth-order valence-corrected chi connectivity index (χ4v) is 3.60. The molecule has 0 radical (unpaired) electrons. The Morgan fingerprint density at radius 1 is 1.17 bits per heavy atom. The van der Waals surface area contributed by atoms with Gasteiger partial charge in [-0.2, -0.15) is 0 Å². The number of carbonyl (C=O) groups is 2.